The van der Waals surface area contributed by atoms with Gasteiger partial charge in [0.2, 0.25) is 0 Å². The molecular formula is C25H20FN3O2S. The second-order valence-electron chi connectivity index (χ2n) is 7.14. The normalized spacial score (nSPS) is 10.6. The molecule has 0 saturated heterocycles. The van der Waals surface area contributed by atoms with Crippen LogP contribution in [0.2, 0.25) is 0 Å². The number of anilines is 1. The van der Waals surface area contributed by atoms with Crippen molar-refractivity contribution < 1.29 is 14.0 Å². The number of halogens is 1. The summed E-state index contributed by atoms with van der Waals surface area (Å²) in [6.45, 7) is 2.10. The molecule has 0 aliphatic heterocycles. The number of amides is 2. The zero-order valence-electron chi connectivity index (χ0n) is 17.3. The summed E-state index contributed by atoms with van der Waals surface area (Å²) < 4.78 is 13.9. The Bertz CT molecular complexity index is 1270. The Hall–Kier alpha value is -3.84. The summed E-state index contributed by atoms with van der Waals surface area (Å²) in [4.78, 5) is 29.7. The van der Waals surface area contributed by atoms with Crippen molar-refractivity contribution in [3.05, 3.63) is 106 Å². The van der Waals surface area contributed by atoms with E-state index in [4.69, 9.17) is 0 Å². The molecule has 160 valence electrons. The van der Waals surface area contributed by atoms with Crippen LogP contribution >= 0.6 is 11.3 Å². The lowest BCUT2D eigenvalue weighted by atomic mass is 10.1. The molecule has 7 heteroatoms. The minimum atomic E-state index is -0.602. The van der Waals surface area contributed by atoms with E-state index in [0.29, 0.717) is 17.8 Å². The highest BCUT2D eigenvalue weighted by Gasteiger charge is 2.14. The van der Waals surface area contributed by atoms with E-state index >= 15 is 0 Å². The summed E-state index contributed by atoms with van der Waals surface area (Å²) >= 11 is 1.48. The summed E-state index contributed by atoms with van der Waals surface area (Å²) in [5.41, 5.74) is 3.44. The zero-order chi connectivity index (χ0) is 22.5. The van der Waals surface area contributed by atoms with Crippen molar-refractivity contribution in [1.29, 1.82) is 0 Å². The van der Waals surface area contributed by atoms with Crippen molar-refractivity contribution in [2.75, 3.05) is 5.32 Å². The molecule has 32 heavy (non-hydrogen) atoms. The van der Waals surface area contributed by atoms with Crippen LogP contribution in [0.15, 0.2) is 78.2 Å². The number of rotatable bonds is 6. The van der Waals surface area contributed by atoms with E-state index in [9.17, 15) is 14.0 Å². The van der Waals surface area contributed by atoms with Gasteiger partial charge >= 0.3 is 0 Å². The molecule has 0 fully saturated rings. The Morgan fingerprint density at radius 1 is 0.969 bits per heavy atom. The van der Waals surface area contributed by atoms with Crippen molar-refractivity contribution >= 4 is 28.8 Å². The van der Waals surface area contributed by atoms with Crippen LogP contribution in [0.5, 0.6) is 0 Å². The van der Waals surface area contributed by atoms with Crippen LogP contribution in [0, 0.1) is 12.7 Å². The zero-order valence-corrected chi connectivity index (χ0v) is 18.1. The van der Waals surface area contributed by atoms with Gasteiger partial charge in [-0.15, -0.1) is 11.3 Å². The number of hydrogen-bond acceptors (Lipinski definition) is 4. The summed E-state index contributed by atoms with van der Waals surface area (Å²) in [5.74, 6) is -1.46. The van der Waals surface area contributed by atoms with Crippen LogP contribution in [0.25, 0.3) is 11.3 Å². The first kappa shape index (κ1) is 21.4. The Balaban J connectivity index is 1.43. The summed E-state index contributed by atoms with van der Waals surface area (Å²) in [7, 11) is 0. The summed E-state index contributed by atoms with van der Waals surface area (Å²) in [6.07, 6.45) is 0. The van der Waals surface area contributed by atoms with E-state index in [0.717, 1.165) is 21.8 Å². The lowest BCUT2D eigenvalue weighted by molar-refractivity contribution is 0.0949. The molecule has 0 spiro atoms. The third kappa shape index (κ3) is 4.90. The standard InChI is InChI=1S/C25H20FN3O2S/c1-16-11-12-18(13-21(16)29-25(31)19-9-5-6-10-20(19)26)24(30)27-14-23-28-22(15-32-23)17-7-3-2-4-8-17/h2-13,15H,14H2,1H3,(H,27,30)(H,29,31). The number of hydrogen-bond donors (Lipinski definition) is 2. The molecule has 2 N–H and O–H groups in total. The topological polar surface area (TPSA) is 71.1 Å². The maximum Gasteiger partial charge on any atom is 0.258 e. The van der Waals surface area contributed by atoms with Crippen molar-refractivity contribution in [2.45, 2.75) is 13.5 Å². The number of aryl methyl sites for hydroxylation is 1. The molecule has 3 aromatic carbocycles. The van der Waals surface area contributed by atoms with Gasteiger partial charge in [0.1, 0.15) is 10.8 Å². The molecule has 0 bridgehead atoms. The highest BCUT2D eigenvalue weighted by molar-refractivity contribution is 7.09. The van der Waals surface area contributed by atoms with Gasteiger partial charge in [-0.3, -0.25) is 9.59 Å². The highest BCUT2D eigenvalue weighted by atomic mass is 32.1. The van der Waals surface area contributed by atoms with E-state index in [-0.39, 0.29) is 11.5 Å². The van der Waals surface area contributed by atoms with Gasteiger partial charge in [0, 0.05) is 22.2 Å². The Morgan fingerprint density at radius 2 is 1.72 bits per heavy atom. The monoisotopic (exact) mass is 445 g/mol. The van der Waals surface area contributed by atoms with Gasteiger partial charge in [-0.05, 0) is 36.8 Å². The fraction of sp³-hybridized carbons (Fsp3) is 0.0800. The first-order valence-corrected chi connectivity index (χ1v) is 10.8. The van der Waals surface area contributed by atoms with Crippen molar-refractivity contribution in [2.24, 2.45) is 0 Å². The lowest BCUT2D eigenvalue weighted by Gasteiger charge is -2.11. The fourth-order valence-corrected chi connectivity index (χ4v) is 3.87. The molecule has 1 aromatic heterocycles. The molecule has 0 atom stereocenters. The van der Waals surface area contributed by atoms with Gasteiger partial charge in [-0.1, -0.05) is 48.5 Å². The van der Waals surface area contributed by atoms with Gasteiger partial charge in [-0.2, -0.15) is 0 Å². The number of benzene rings is 3. The van der Waals surface area contributed by atoms with Gasteiger partial charge in [0.25, 0.3) is 11.8 Å². The van der Waals surface area contributed by atoms with Crippen LogP contribution in [0.1, 0.15) is 31.3 Å². The van der Waals surface area contributed by atoms with Crippen molar-refractivity contribution in [3.8, 4) is 11.3 Å². The third-order valence-corrected chi connectivity index (χ3v) is 5.74. The number of carbonyl (C=O) groups is 2. The summed E-state index contributed by atoms with van der Waals surface area (Å²) in [5, 5.41) is 8.29. The van der Waals surface area contributed by atoms with Crippen LogP contribution in [0.3, 0.4) is 0 Å². The van der Waals surface area contributed by atoms with E-state index < -0.39 is 11.7 Å². The smallest absolute Gasteiger partial charge is 0.258 e. The Morgan fingerprint density at radius 3 is 2.50 bits per heavy atom. The Kier molecular flexibility index (Phi) is 6.37. The van der Waals surface area contributed by atoms with Crippen LogP contribution in [-0.4, -0.2) is 16.8 Å². The van der Waals surface area contributed by atoms with E-state index in [1.807, 2.05) is 35.7 Å². The molecular weight excluding hydrogens is 425 g/mol. The molecule has 4 aromatic rings. The average molecular weight is 446 g/mol. The maximum atomic E-state index is 13.9. The molecule has 4 rings (SSSR count). The number of aromatic nitrogens is 1. The number of thiazole rings is 1. The molecule has 0 aliphatic rings. The molecule has 0 radical (unpaired) electrons. The maximum absolute atomic E-state index is 13.9. The second kappa shape index (κ2) is 9.53. The molecule has 2 amide bonds. The third-order valence-electron chi connectivity index (χ3n) is 4.89. The first-order chi connectivity index (χ1) is 15.5. The quantitative estimate of drug-likeness (QED) is 0.415. The number of nitrogens with zero attached hydrogens (tertiary/aromatic N) is 1. The molecule has 0 saturated carbocycles. The van der Waals surface area contributed by atoms with Gasteiger partial charge < -0.3 is 10.6 Å². The second-order valence-corrected chi connectivity index (χ2v) is 8.08. The summed E-state index contributed by atoms with van der Waals surface area (Å²) in [6, 6.07) is 20.6. The van der Waals surface area contributed by atoms with Gasteiger partial charge in [0.05, 0.1) is 17.8 Å². The van der Waals surface area contributed by atoms with Crippen molar-refractivity contribution in [3.63, 3.8) is 0 Å². The van der Waals surface area contributed by atoms with Crippen LogP contribution in [0.4, 0.5) is 10.1 Å². The SMILES string of the molecule is Cc1ccc(C(=O)NCc2nc(-c3ccccc3)cs2)cc1NC(=O)c1ccccc1F. The molecule has 1 heterocycles. The Labute approximate surface area is 189 Å². The predicted molar refractivity (Wildman–Crippen MR) is 124 cm³/mol. The van der Waals surface area contributed by atoms with Crippen LogP contribution in [-0.2, 0) is 6.54 Å². The van der Waals surface area contributed by atoms with E-state index in [1.54, 1.807) is 31.2 Å². The van der Waals surface area contributed by atoms with Gasteiger partial charge in [-0.25, -0.2) is 9.37 Å². The van der Waals surface area contributed by atoms with E-state index in [2.05, 4.69) is 15.6 Å². The molecule has 5 nitrogen and oxygen atoms in total. The minimum absolute atomic E-state index is 0.0558. The molecule has 0 unspecified atom stereocenters. The minimum Gasteiger partial charge on any atom is -0.346 e. The van der Waals surface area contributed by atoms with E-state index in [1.165, 1.54) is 29.5 Å². The van der Waals surface area contributed by atoms with Crippen molar-refractivity contribution in [1.82, 2.24) is 10.3 Å². The van der Waals surface area contributed by atoms with Crippen LogP contribution < -0.4 is 10.6 Å². The average Bonchev–Trinajstić information content (AvgIpc) is 3.29. The number of carbonyl (C=O) groups excluding carboxylic acids is 2. The largest absolute Gasteiger partial charge is 0.346 e. The first-order valence-electron chi connectivity index (χ1n) is 9.96. The van der Waals surface area contributed by atoms with Gasteiger partial charge in [0.15, 0.2) is 0 Å². The predicted octanol–water partition coefficient (Wildman–Crippen LogP) is 5.44. The lowest BCUT2D eigenvalue weighted by Crippen LogP contribution is -2.23. The fourth-order valence-electron chi connectivity index (χ4n) is 3.12. The number of nitrogens with one attached hydrogen (secondary N) is 2. The highest BCUT2D eigenvalue weighted by Crippen LogP contribution is 2.22. The molecule has 0 aliphatic carbocycles.